The van der Waals surface area contributed by atoms with Crippen molar-refractivity contribution in [1.29, 1.82) is 0 Å². The van der Waals surface area contributed by atoms with Gasteiger partial charge in [-0.3, -0.25) is 9.11 Å². The third-order valence-electron chi connectivity index (χ3n) is 4.57. The van der Waals surface area contributed by atoms with E-state index >= 15 is 0 Å². The SMILES string of the molecule is CCC(C)C1CN(C(C)CS(C)=O)C(C(C)C)CN1. The summed E-state index contributed by atoms with van der Waals surface area (Å²) < 4.78 is 11.5. The van der Waals surface area contributed by atoms with E-state index in [0.29, 0.717) is 30.0 Å². The molecule has 5 unspecified atom stereocenters. The molecule has 1 heterocycles. The zero-order valence-electron chi connectivity index (χ0n) is 13.5. The van der Waals surface area contributed by atoms with E-state index in [1.807, 2.05) is 6.26 Å². The van der Waals surface area contributed by atoms with Gasteiger partial charge in [0.05, 0.1) is 0 Å². The average molecular weight is 289 g/mol. The number of piperazine rings is 1. The van der Waals surface area contributed by atoms with E-state index in [2.05, 4.69) is 44.8 Å². The van der Waals surface area contributed by atoms with Crippen LogP contribution in [0.3, 0.4) is 0 Å². The van der Waals surface area contributed by atoms with Gasteiger partial charge in [-0.2, -0.15) is 0 Å². The lowest BCUT2D eigenvalue weighted by atomic mass is 9.91. The normalized spacial score (nSPS) is 30.3. The smallest absolute Gasteiger partial charge is 0.0385 e. The van der Waals surface area contributed by atoms with Crippen LogP contribution in [0, 0.1) is 11.8 Å². The van der Waals surface area contributed by atoms with E-state index in [1.54, 1.807) is 0 Å². The van der Waals surface area contributed by atoms with Crippen LogP contribution in [0.2, 0.25) is 0 Å². The summed E-state index contributed by atoms with van der Waals surface area (Å²) in [7, 11) is -0.711. The monoisotopic (exact) mass is 288 g/mol. The van der Waals surface area contributed by atoms with Crippen LogP contribution in [0.25, 0.3) is 0 Å². The van der Waals surface area contributed by atoms with Gasteiger partial charge in [0.2, 0.25) is 0 Å². The summed E-state index contributed by atoms with van der Waals surface area (Å²) in [4.78, 5) is 2.60. The van der Waals surface area contributed by atoms with Crippen LogP contribution < -0.4 is 5.32 Å². The van der Waals surface area contributed by atoms with Crippen molar-refractivity contribution in [3.63, 3.8) is 0 Å². The second-order valence-electron chi connectivity index (χ2n) is 6.50. The maximum Gasteiger partial charge on any atom is 0.0385 e. The Morgan fingerprint density at radius 2 is 1.95 bits per heavy atom. The van der Waals surface area contributed by atoms with Crippen molar-refractivity contribution in [3.05, 3.63) is 0 Å². The number of rotatable bonds is 6. The predicted octanol–water partition coefficient (Wildman–Crippen LogP) is 2.10. The topological polar surface area (TPSA) is 32.3 Å². The van der Waals surface area contributed by atoms with Crippen LogP contribution in [0.15, 0.2) is 0 Å². The first-order valence-electron chi connectivity index (χ1n) is 7.65. The summed E-state index contributed by atoms with van der Waals surface area (Å²) >= 11 is 0. The van der Waals surface area contributed by atoms with E-state index < -0.39 is 10.8 Å². The standard InChI is InChI=1S/C15H32N2OS/c1-7-12(4)14-9-17(13(5)10-19(6)18)15(8-16-14)11(2)3/h11-16H,7-10H2,1-6H3. The molecule has 0 spiro atoms. The van der Waals surface area contributed by atoms with E-state index in [1.165, 1.54) is 6.42 Å². The predicted molar refractivity (Wildman–Crippen MR) is 85.0 cm³/mol. The summed E-state index contributed by atoms with van der Waals surface area (Å²) in [5, 5.41) is 3.72. The lowest BCUT2D eigenvalue weighted by molar-refractivity contribution is 0.0569. The van der Waals surface area contributed by atoms with Crippen LogP contribution in [0.5, 0.6) is 0 Å². The summed E-state index contributed by atoms with van der Waals surface area (Å²) in [5.41, 5.74) is 0. The number of nitrogens with zero attached hydrogens (tertiary/aromatic N) is 1. The molecule has 3 nitrogen and oxygen atoms in total. The van der Waals surface area contributed by atoms with E-state index in [0.717, 1.165) is 18.8 Å². The molecule has 1 aliphatic rings. The molecule has 4 heteroatoms. The average Bonchev–Trinajstić information content (AvgIpc) is 2.36. The summed E-state index contributed by atoms with van der Waals surface area (Å²) in [6.07, 6.45) is 3.03. The lowest BCUT2D eigenvalue weighted by Crippen LogP contribution is -2.62. The van der Waals surface area contributed by atoms with Crippen LogP contribution in [-0.2, 0) is 10.8 Å². The molecule has 0 aromatic heterocycles. The minimum Gasteiger partial charge on any atom is -0.311 e. The second-order valence-corrected chi connectivity index (χ2v) is 7.98. The minimum atomic E-state index is -0.711. The van der Waals surface area contributed by atoms with Crippen LogP contribution >= 0.6 is 0 Å². The number of hydrogen-bond donors (Lipinski definition) is 1. The lowest BCUT2D eigenvalue weighted by Gasteiger charge is -2.46. The van der Waals surface area contributed by atoms with Gasteiger partial charge >= 0.3 is 0 Å². The van der Waals surface area contributed by atoms with Gasteiger partial charge < -0.3 is 5.32 Å². The minimum absolute atomic E-state index is 0.409. The van der Waals surface area contributed by atoms with E-state index in [-0.39, 0.29) is 0 Å². The molecule has 0 saturated carbocycles. The molecule has 0 aromatic rings. The molecule has 1 fully saturated rings. The first-order valence-corrected chi connectivity index (χ1v) is 9.38. The fourth-order valence-corrected chi connectivity index (χ4v) is 3.91. The molecule has 19 heavy (non-hydrogen) atoms. The highest BCUT2D eigenvalue weighted by Gasteiger charge is 2.34. The summed E-state index contributed by atoms with van der Waals surface area (Å²) in [6.45, 7) is 13.6. The number of hydrogen-bond acceptors (Lipinski definition) is 3. The van der Waals surface area contributed by atoms with Gasteiger partial charge in [0.1, 0.15) is 0 Å². The fraction of sp³-hybridized carbons (Fsp3) is 1.00. The van der Waals surface area contributed by atoms with Crippen molar-refractivity contribution >= 4 is 10.8 Å². The summed E-state index contributed by atoms with van der Waals surface area (Å²) in [5.74, 6) is 2.13. The van der Waals surface area contributed by atoms with Crippen molar-refractivity contribution in [2.24, 2.45) is 11.8 Å². The Kier molecular flexibility index (Phi) is 6.98. The Morgan fingerprint density at radius 3 is 2.42 bits per heavy atom. The molecule has 0 bridgehead atoms. The van der Waals surface area contributed by atoms with E-state index in [9.17, 15) is 4.21 Å². The third kappa shape index (κ3) is 4.83. The zero-order valence-corrected chi connectivity index (χ0v) is 14.3. The van der Waals surface area contributed by atoms with Crippen LogP contribution in [0.1, 0.15) is 41.0 Å². The molecule has 1 N–H and O–H groups in total. The molecule has 0 aromatic carbocycles. The zero-order chi connectivity index (χ0) is 14.6. The quantitative estimate of drug-likeness (QED) is 0.812. The van der Waals surface area contributed by atoms with Gasteiger partial charge in [-0.15, -0.1) is 0 Å². The molecular weight excluding hydrogens is 256 g/mol. The molecule has 0 radical (unpaired) electrons. The molecule has 1 aliphatic heterocycles. The highest BCUT2D eigenvalue weighted by molar-refractivity contribution is 7.84. The number of nitrogens with one attached hydrogen (secondary N) is 1. The Bertz CT molecular complexity index is 296. The van der Waals surface area contributed by atoms with Gasteiger partial charge in [-0.05, 0) is 18.8 Å². The van der Waals surface area contributed by atoms with Crippen molar-refractivity contribution in [1.82, 2.24) is 10.2 Å². The highest BCUT2D eigenvalue weighted by Crippen LogP contribution is 2.22. The van der Waals surface area contributed by atoms with Gasteiger partial charge in [-0.25, -0.2) is 0 Å². The summed E-state index contributed by atoms with van der Waals surface area (Å²) in [6, 6.07) is 1.55. The second kappa shape index (κ2) is 7.75. The maximum absolute atomic E-state index is 11.5. The van der Waals surface area contributed by atoms with Crippen molar-refractivity contribution in [2.45, 2.75) is 59.2 Å². The molecule has 1 rings (SSSR count). The van der Waals surface area contributed by atoms with Crippen LogP contribution in [0.4, 0.5) is 0 Å². The van der Waals surface area contributed by atoms with Gasteiger partial charge in [0.15, 0.2) is 0 Å². The first-order chi connectivity index (χ1) is 8.86. The van der Waals surface area contributed by atoms with Crippen LogP contribution in [-0.4, -0.2) is 52.3 Å². The highest BCUT2D eigenvalue weighted by atomic mass is 32.2. The van der Waals surface area contributed by atoms with Crippen molar-refractivity contribution in [3.8, 4) is 0 Å². The molecule has 0 amide bonds. The van der Waals surface area contributed by atoms with E-state index in [4.69, 9.17) is 0 Å². The fourth-order valence-electron chi connectivity index (χ4n) is 3.04. The third-order valence-corrected chi connectivity index (χ3v) is 5.52. The van der Waals surface area contributed by atoms with Gasteiger partial charge in [0, 0.05) is 54.0 Å². The Morgan fingerprint density at radius 1 is 1.32 bits per heavy atom. The largest absolute Gasteiger partial charge is 0.311 e. The molecule has 0 aliphatic carbocycles. The van der Waals surface area contributed by atoms with Crippen molar-refractivity contribution < 1.29 is 4.21 Å². The Hall–Kier alpha value is 0.0700. The molecular formula is C15H32N2OS. The maximum atomic E-state index is 11.5. The van der Waals surface area contributed by atoms with Crippen molar-refractivity contribution in [2.75, 3.05) is 25.1 Å². The van der Waals surface area contributed by atoms with Gasteiger partial charge in [-0.1, -0.05) is 34.1 Å². The first kappa shape index (κ1) is 17.1. The molecule has 5 atom stereocenters. The Balaban J connectivity index is 2.75. The molecule has 114 valence electrons. The molecule has 1 saturated heterocycles. The van der Waals surface area contributed by atoms with Gasteiger partial charge in [0.25, 0.3) is 0 Å². The Labute approximate surface area is 122 Å².